The first kappa shape index (κ1) is 30.7. The summed E-state index contributed by atoms with van der Waals surface area (Å²) in [7, 11) is 0. The Bertz CT molecular complexity index is 3330. The summed E-state index contributed by atoms with van der Waals surface area (Å²) in [5.74, 6) is 0. The lowest BCUT2D eigenvalue weighted by atomic mass is 9.80. The SMILES string of the molecule is CC1(C)c2ccccc2-c2c(-c3c4ccccc4c(-c4ccc5c6cccc7cccc(c8cccc4c85)c76)c4ccc(-c5ccccc5)cc34)cccc21. The normalized spacial score (nSPS) is 13.4. The lowest BCUT2D eigenvalue weighted by Crippen LogP contribution is -2.14. The van der Waals surface area contributed by atoms with E-state index in [0.717, 1.165) is 0 Å². The maximum Gasteiger partial charge on any atom is 0.0159 e. The van der Waals surface area contributed by atoms with Crippen molar-refractivity contribution in [3.63, 3.8) is 0 Å². The summed E-state index contributed by atoms with van der Waals surface area (Å²) >= 11 is 0. The minimum absolute atomic E-state index is 0.0883. The molecule has 1 aliphatic rings. The summed E-state index contributed by atoms with van der Waals surface area (Å²) in [5.41, 5.74) is 13.0. The molecule has 0 saturated heterocycles. The largest absolute Gasteiger partial charge is 0.0622 e. The molecule has 0 fully saturated rings. The van der Waals surface area contributed by atoms with Gasteiger partial charge in [-0.3, -0.25) is 0 Å². The van der Waals surface area contributed by atoms with Crippen molar-refractivity contribution in [3.8, 4) is 44.5 Å². The number of fused-ring (bicyclic) bond motifs is 7. The molecule has 11 aromatic rings. The second-order valence-electron chi connectivity index (χ2n) is 15.9. The molecule has 0 aromatic heterocycles. The summed E-state index contributed by atoms with van der Waals surface area (Å²) < 4.78 is 0. The van der Waals surface area contributed by atoms with Gasteiger partial charge in [0.1, 0.15) is 0 Å². The standard InChI is InChI=1S/C55H36/c1-55(2)48-26-9-8-20-45(48)54-46(25-13-27-49(54)55)53-39-19-7-6-18-38(39)52(44-29-28-35(32-47(44)53)33-14-4-3-5-15-33)43-31-30-42-37-22-11-17-34-16-10-21-36(50(34)37)40-23-12-24-41(43)51(40)42/h3-32H,1-2H3. The van der Waals surface area contributed by atoms with Crippen LogP contribution >= 0.6 is 0 Å². The van der Waals surface area contributed by atoms with Gasteiger partial charge in [0.15, 0.2) is 0 Å². The number of hydrogen-bond donors (Lipinski definition) is 0. The van der Waals surface area contributed by atoms with Crippen LogP contribution in [0.4, 0.5) is 0 Å². The third-order valence-electron chi connectivity index (χ3n) is 12.8. The summed E-state index contributed by atoms with van der Waals surface area (Å²) in [4.78, 5) is 0. The average molecular weight is 697 g/mol. The van der Waals surface area contributed by atoms with E-state index in [1.54, 1.807) is 0 Å². The Morgan fingerprint density at radius 2 is 0.818 bits per heavy atom. The highest BCUT2D eigenvalue weighted by molar-refractivity contribution is 6.35. The molecule has 0 spiro atoms. The van der Waals surface area contributed by atoms with Crippen molar-refractivity contribution in [1.82, 2.24) is 0 Å². The van der Waals surface area contributed by atoms with Crippen LogP contribution in [0.1, 0.15) is 25.0 Å². The first-order valence-corrected chi connectivity index (χ1v) is 19.4. The van der Waals surface area contributed by atoms with Crippen molar-refractivity contribution < 1.29 is 0 Å². The van der Waals surface area contributed by atoms with Crippen LogP contribution in [-0.2, 0) is 5.41 Å². The van der Waals surface area contributed by atoms with Crippen LogP contribution in [0.15, 0.2) is 182 Å². The van der Waals surface area contributed by atoms with Crippen LogP contribution in [0.2, 0.25) is 0 Å². The Morgan fingerprint density at radius 3 is 1.60 bits per heavy atom. The Morgan fingerprint density at radius 1 is 0.291 bits per heavy atom. The quantitative estimate of drug-likeness (QED) is 0.127. The number of hydrogen-bond acceptors (Lipinski definition) is 0. The van der Waals surface area contributed by atoms with Gasteiger partial charge in [0.25, 0.3) is 0 Å². The zero-order valence-corrected chi connectivity index (χ0v) is 30.8. The third kappa shape index (κ3) is 4.12. The van der Waals surface area contributed by atoms with Crippen molar-refractivity contribution in [3.05, 3.63) is 193 Å². The molecule has 0 aliphatic heterocycles. The molecule has 0 heteroatoms. The predicted molar refractivity (Wildman–Crippen MR) is 237 cm³/mol. The topological polar surface area (TPSA) is 0 Å². The van der Waals surface area contributed by atoms with Crippen molar-refractivity contribution in [1.29, 1.82) is 0 Å². The summed E-state index contributed by atoms with van der Waals surface area (Å²) in [6.45, 7) is 4.76. The van der Waals surface area contributed by atoms with Gasteiger partial charge in [-0.2, -0.15) is 0 Å². The van der Waals surface area contributed by atoms with Gasteiger partial charge in [0, 0.05) is 5.41 Å². The molecule has 0 amide bonds. The molecule has 1 aliphatic carbocycles. The molecule has 0 radical (unpaired) electrons. The highest BCUT2D eigenvalue weighted by Gasteiger charge is 2.37. The van der Waals surface area contributed by atoms with E-state index >= 15 is 0 Å². The molecule has 0 bridgehead atoms. The van der Waals surface area contributed by atoms with E-state index in [1.165, 1.54) is 120 Å². The Hall–Kier alpha value is -6.76. The monoisotopic (exact) mass is 696 g/mol. The van der Waals surface area contributed by atoms with Crippen LogP contribution in [0.3, 0.4) is 0 Å². The Labute approximate surface area is 320 Å². The molecule has 256 valence electrons. The Kier molecular flexibility index (Phi) is 6.21. The van der Waals surface area contributed by atoms with Gasteiger partial charge in [-0.15, -0.1) is 0 Å². The minimum Gasteiger partial charge on any atom is -0.0622 e. The maximum atomic E-state index is 2.46. The highest BCUT2D eigenvalue weighted by Crippen LogP contribution is 2.55. The molecule has 11 aromatic carbocycles. The lowest BCUT2D eigenvalue weighted by molar-refractivity contribution is 0.660. The first-order chi connectivity index (χ1) is 27.1. The van der Waals surface area contributed by atoms with Gasteiger partial charge in [0.2, 0.25) is 0 Å². The second kappa shape index (κ2) is 11.1. The molecular formula is C55H36. The van der Waals surface area contributed by atoms with Gasteiger partial charge < -0.3 is 0 Å². The van der Waals surface area contributed by atoms with E-state index < -0.39 is 0 Å². The number of benzene rings is 11. The summed E-state index contributed by atoms with van der Waals surface area (Å²) in [6, 6.07) is 68.4. The zero-order valence-electron chi connectivity index (χ0n) is 30.8. The van der Waals surface area contributed by atoms with Crippen molar-refractivity contribution in [2.75, 3.05) is 0 Å². The van der Waals surface area contributed by atoms with Gasteiger partial charge in [-0.05, 0) is 126 Å². The molecule has 0 unspecified atom stereocenters. The summed E-state index contributed by atoms with van der Waals surface area (Å²) in [6.07, 6.45) is 0. The lowest BCUT2D eigenvalue weighted by Gasteiger charge is -2.23. The van der Waals surface area contributed by atoms with Gasteiger partial charge in [-0.25, -0.2) is 0 Å². The number of rotatable bonds is 3. The van der Waals surface area contributed by atoms with E-state index in [-0.39, 0.29) is 5.41 Å². The summed E-state index contributed by atoms with van der Waals surface area (Å²) in [5, 5.41) is 15.7. The van der Waals surface area contributed by atoms with Crippen LogP contribution in [-0.4, -0.2) is 0 Å². The molecule has 12 rings (SSSR count). The fraction of sp³-hybridized carbons (Fsp3) is 0.0545. The molecule has 0 heterocycles. The van der Waals surface area contributed by atoms with E-state index in [1.807, 2.05) is 0 Å². The fourth-order valence-electron chi connectivity index (χ4n) is 10.4. The molecular weight excluding hydrogens is 661 g/mol. The first-order valence-electron chi connectivity index (χ1n) is 19.4. The van der Waals surface area contributed by atoms with Crippen LogP contribution in [0.5, 0.6) is 0 Å². The van der Waals surface area contributed by atoms with Crippen LogP contribution < -0.4 is 0 Å². The van der Waals surface area contributed by atoms with Crippen molar-refractivity contribution in [2.24, 2.45) is 0 Å². The van der Waals surface area contributed by atoms with Crippen LogP contribution in [0, 0.1) is 0 Å². The zero-order chi connectivity index (χ0) is 36.4. The van der Waals surface area contributed by atoms with E-state index in [9.17, 15) is 0 Å². The van der Waals surface area contributed by atoms with E-state index in [2.05, 4.69) is 196 Å². The van der Waals surface area contributed by atoms with E-state index in [4.69, 9.17) is 0 Å². The highest BCUT2D eigenvalue weighted by atomic mass is 14.4. The van der Waals surface area contributed by atoms with Crippen molar-refractivity contribution >= 4 is 64.6 Å². The molecule has 0 saturated carbocycles. The molecule has 55 heavy (non-hydrogen) atoms. The third-order valence-corrected chi connectivity index (χ3v) is 12.8. The maximum absolute atomic E-state index is 2.46. The molecule has 0 atom stereocenters. The fourth-order valence-corrected chi connectivity index (χ4v) is 10.4. The van der Waals surface area contributed by atoms with Crippen LogP contribution in [0.25, 0.3) is 109 Å². The predicted octanol–water partition coefficient (Wildman–Crippen LogP) is 15.4. The molecule has 0 nitrogen and oxygen atoms in total. The van der Waals surface area contributed by atoms with E-state index in [0.29, 0.717) is 0 Å². The van der Waals surface area contributed by atoms with Gasteiger partial charge in [-0.1, -0.05) is 190 Å². The van der Waals surface area contributed by atoms with Gasteiger partial charge in [0.05, 0.1) is 0 Å². The average Bonchev–Trinajstić information content (AvgIpc) is 3.48. The minimum atomic E-state index is -0.0883. The Balaban J connectivity index is 1.25. The smallest absolute Gasteiger partial charge is 0.0159 e. The second-order valence-corrected chi connectivity index (χ2v) is 15.9. The van der Waals surface area contributed by atoms with Crippen molar-refractivity contribution in [2.45, 2.75) is 19.3 Å². The van der Waals surface area contributed by atoms with Gasteiger partial charge >= 0.3 is 0 Å². The molecule has 0 N–H and O–H groups in total.